The van der Waals surface area contributed by atoms with E-state index >= 15 is 0 Å². The quantitative estimate of drug-likeness (QED) is 0.146. The fourth-order valence-corrected chi connectivity index (χ4v) is 5.38. The van der Waals surface area contributed by atoms with Crippen molar-refractivity contribution in [1.29, 1.82) is 0 Å². The Morgan fingerprint density at radius 1 is 0.545 bits per heavy atom. The topological polar surface area (TPSA) is 25.8 Å². The SMILES string of the molecule is C[Te]c1ccc2cc3ccc(C)cc3nc2c1.Clc1ccc2cc3ccc(Cl)cc3nc2c1. The zero-order valence-electron chi connectivity index (χ0n) is 18.1. The van der Waals surface area contributed by atoms with Gasteiger partial charge in [-0.2, -0.15) is 0 Å². The second kappa shape index (κ2) is 9.45. The Morgan fingerprint density at radius 2 is 1.00 bits per heavy atom. The molecule has 0 amide bonds. The third kappa shape index (κ3) is 4.93. The third-order valence-electron chi connectivity index (χ3n) is 5.51. The first-order valence-corrected chi connectivity index (χ1v) is 14.7. The zero-order valence-corrected chi connectivity index (χ0v) is 22.0. The van der Waals surface area contributed by atoms with E-state index in [0.29, 0.717) is 10.0 Å². The van der Waals surface area contributed by atoms with Gasteiger partial charge in [-0.05, 0) is 30.3 Å². The first-order valence-electron chi connectivity index (χ1n) is 10.5. The maximum atomic E-state index is 5.94. The van der Waals surface area contributed by atoms with Crippen LogP contribution in [0.25, 0.3) is 43.6 Å². The van der Waals surface area contributed by atoms with Crippen molar-refractivity contribution in [2.75, 3.05) is 0 Å². The van der Waals surface area contributed by atoms with Crippen LogP contribution in [0.3, 0.4) is 0 Å². The molecule has 33 heavy (non-hydrogen) atoms. The number of fused-ring (bicyclic) bond motifs is 4. The van der Waals surface area contributed by atoms with Crippen LogP contribution in [0.4, 0.5) is 0 Å². The average Bonchev–Trinajstić information content (AvgIpc) is 2.81. The monoisotopic (exact) mass is 584 g/mol. The van der Waals surface area contributed by atoms with E-state index in [0.717, 1.165) is 32.8 Å². The van der Waals surface area contributed by atoms with Gasteiger partial charge in [0.25, 0.3) is 0 Å². The predicted octanol–water partition coefficient (Wildman–Crippen LogP) is 7.77. The van der Waals surface area contributed by atoms with Gasteiger partial charge in [-0.15, -0.1) is 0 Å². The summed E-state index contributed by atoms with van der Waals surface area (Å²) >= 11 is 11.8. The number of nitrogens with zero attached hydrogens (tertiary/aromatic N) is 2. The predicted molar refractivity (Wildman–Crippen MR) is 145 cm³/mol. The average molecular weight is 583 g/mol. The molecule has 0 atom stereocenters. The Kier molecular flexibility index (Phi) is 6.41. The summed E-state index contributed by atoms with van der Waals surface area (Å²) in [5, 5.41) is 6.02. The molecule has 0 saturated carbocycles. The molecule has 2 heterocycles. The van der Waals surface area contributed by atoms with Crippen molar-refractivity contribution in [3.05, 3.63) is 101 Å². The van der Waals surface area contributed by atoms with Crippen molar-refractivity contribution < 1.29 is 0 Å². The Balaban J connectivity index is 0.000000139. The molecule has 0 bridgehead atoms. The normalized spacial score (nSPS) is 11.2. The molecule has 6 aromatic rings. The van der Waals surface area contributed by atoms with Crippen LogP contribution in [0.2, 0.25) is 15.0 Å². The number of halogens is 2. The van der Waals surface area contributed by atoms with E-state index in [2.05, 4.69) is 65.4 Å². The molecular formula is C28H20Cl2N2Te. The fourth-order valence-electron chi connectivity index (χ4n) is 3.81. The molecule has 0 aliphatic carbocycles. The molecule has 162 valence electrons. The number of rotatable bonds is 1. The molecule has 0 unspecified atom stereocenters. The molecule has 0 saturated heterocycles. The number of hydrogen-bond acceptors (Lipinski definition) is 2. The van der Waals surface area contributed by atoms with Crippen LogP contribution in [0, 0.1) is 6.92 Å². The molecule has 5 heteroatoms. The van der Waals surface area contributed by atoms with Gasteiger partial charge in [0.05, 0.1) is 11.0 Å². The number of aryl methyl sites for hydroxylation is 1. The molecule has 0 fully saturated rings. The minimum Gasteiger partial charge on any atom is -0.248 e. The van der Waals surface area contributed by atoms with E-state index in [1.54, 1.807) is 0 Å². The number of pyridine rings is 2. The first kappa shape index (κ1) is 22.4. The number of aromatic nitrogens is 2. The molecule has 0 radical (unpaired) electrons. The van der Waals surface area contributed by atoms with Crippen LogP contribution in [-0.4, -0.2) is 30.9 Å². The van der Waals surface area contributed by atoms with Crippen molar-refractivity contribution >= 4 is 91.3 Å². The van der Waals surface area contributed by atoms with E-state index in [9.17, 15) is 0 Å². The zero-order chi connectivity index (χ0) is 22.9. The Labute approximate surface area is 212 Å². The van der Waals surface area contributed by atoms with Crippen molar-refractivity contribution in [3.63, 3.8) is 0 Å². The van der Waals surface area contributed by atoms with Crippen molar-refractivity contribution in [2.24, 2.45) is 0 Å². The van der Waals surface area contributed by atoms with Crippen LogP contribution in [0.1, 0.15) is 5.56 Å². The second-order valence-electron chi connectivity index (χ2n) is 7.91. The maximum Gasteiger partial charge on any atom is 0.0724 e. The maximum absolute atomic E-state index is 5.94. The fraction of sp³-hybridized carbons (Fsp3) is 0.0714. The standard InChI is InChI=1S/C15H13NTe.C13H7Cl2N/c1-10-3-4-11-8-12-5-6-13(17-2)9-15(12)16-14(11)7-10;14-10-3-1-8-5-9-2-4-11(15)7-13(9)16-12(8)6-10/h3-9H,1-2H3;1-7H. The van der Waals surface area contributed by atoms with Gasteiger partial charge >= 0.3 is 111 Å². The van der Waals surface area contributed by atoms with Gasteiger partial charge in [-0.1, -0.05) is 35.3 Å². The van der Waals surface area contributed by atoms with Gasteiger partial charge < -0.3 is 0 Å². The minimum absolute atomic E-state index is 0.0224. The minimum atomic E-state index is -0.0224. The smallest absolute Gasteiger partial charge is 0.0724 e. The van der Waals surface area contributed by atoms with Gasteiger partial charge in [0.15, 0.2) is 0 Å². The van der Waals surface area contributed by atoms with Crippen LogP contribution in [0.15, 0.2) is 84.9 Å². The Hall–Kier alpha value is -2.41. The Bertz CT molecular complexity index is 1590. The van der Waals surface area contributed by atoms with Crippen molar-refractivity contribution in [3.8, 4) is 0 Å². The Morgan fingerprint density at radius 3 is 1.55 bits per heavy atom. The molecule has 2 aromatic heterocycles. The summed E-state index contributed by atoms with van der Waals surface area (Å²) in [6, 6.07) is 28.9. The first-order chi connectivity index (χ1) is 16.0. The van der Waals surface area contributed by atoms with Gasteiger partial charge in [-0.25, -0.2) is 4.98 Å². The van der Waals surface area contributed by atoms with E-state index in [4.69, 9.17) is 28.2 Å². The summed E-state index contributed by atoms with van der Waals surface area (Å²) in [7, 11) is 0. The summed E-state index contributed by atoms with van der Waals surface area (Å²) < 4.78 is 1.47. The van der Waals surface area contributed by atoms with Gasteiger partial charge in [0, 0.05) is 20.8 Å². The molecule has 0 N–H and O–H groups in total. The van der Waals surface area contributed by atoms with Crippen molar-refractivity contribution in [1.82, 2.24) is 9.97 Å². The van der Waals surface area contributed by atoms with E-state index in [1.165, 1.54) is 19.9 Å². The van der Waals surface area contributed by atoms with E-state index in [-0.39, 0.29) is 20.9 Å². The summed E-state index contributed by atoms with van der Waals surface area (Å²) in [6.07, 6.45) is 0. The molecule has 2 nitrogen and oxygen atoms in total. The van der Waals surface area contributed by atoms with E-state index < -0.39 is 0 Å². The van der Waals surface area contributed by atoms with Crippen molar-refractivity contribution in [2.45, 2.75) is 11.9 Å². The van der Waals surface area contributed by atoms with Gasteiger partial charge in [-0.3, -0.25) is 0 Å². The molecular weight excluding hydrogens is 563 g/mol. The summed E-state index contributed by atoms with van der Waals surface area (Å²) in [5.41, 5.74) is 5.29. The largest absolute Gasteiger partial charge is 0.248 e. The number of hydrogen-bond donors (Lipinski definition) is 0. The summed E-state index contributed by atoms with van der Waals surface area (Å²) in [5.74, 6) is 0. The third-order valence-corrected chi connectivity index (χ3v) is 8.05. The molecule has 0 aliphatic heterocycles. The molecule has 6 rings (SSSR count). The van der Waals surface area contributed by atoms with Crippen LogP contribution >= 0.6 is 23.2 Å². The number of benzene rings is 4. The summed E-state index contributed by atoms with van der Waals surface area (Å²) in [6.45, 7) is 2.11. The second-order valence-corrected chi connectivity index (χ2v) is 11.3. The van der Waals surface area contributed by atoms with Gasteiger partial charge in [0.2, 0.25) is 0 Å². The molecule has 0 aliphatic rings. The van der Waals surface area contributed by atoms with Crippen LogP contribution in [-0.2, 0) is 0 Å². The van der Waals surface area contributed by atoms with E-state index in [1.807, 2.05) is 36.4 Å². The van der Waals surface area contributed by atoms with Crippen LogP contribution in [0.5, 0.6) is 0 Å². The van der Waals surface area contributed by atoms with Gasteiger partial charge in [0.1, 0.15) is 0 Å². The van der Waals surface area contributed by atoms with Crippen LogP contribution < -0.4 is 3.61 Å². The molecule has 4 aromatic carbocycles. The summed E-state index contributed by atoms with van der Waals surface area (Å²) in [4.78, 5) is 11.6. The molecule has 0 spiro atoms.